The molecule has 0 saturated heterocycles. The van der Waals surface area contributed by atoms with E-state index in [1.54, 1.807) is 28.4 Å². The summed E-state index contributed by atoms with van der Waals surface area (Å²) < 4.78 is 16.2. The van der Waals surface area contributed by atoms with E-state index in [9.17, 15) is 0 Å². The first kappa shape index (κ1) is 19.7. The average Bonchev–Trinajstić information content (AvgIpc) is 3.37. The van der Waals surface area contributed by atoms with Crippen molar-refractivity contribution in [3.63, 3.8) is 0 Å². The summed E-state index contributed by atoms with van der Waals surface area (Å²) in [6, 6.07) is 4.32. The second kappa shape index (κ2) is 9.69. The maximum Gasteiger partial charge on any atom is 0.191 e. The third kappa shape index (κ3) is 5.63. The molecule has 1 aromatic carbocycles. The molecule has 1 saturated carbocycles. The van der Waals surface area contributed by atoms with Crippen molar-refractivity contribution >= 4 is 29.9 Å². The predicted molar refractivity (Wildman–Crippen MR) is 103 cm³/mol. The van der Waals surface area contributed by atoms with Crippen LogP contribution in [0.2, 0.25) is 0 Å². The molecule has 0 radical (unpaired) electrons. The van der Waals surface area contributed by atoms with Gasteiger partial charge in [0, 0.05) is 37.3 Å². The summed E-state index contributed by atoms with van der Waals surface area (Å²) in [6.07, 6.45) is 3.21. The van der Waals surface area contributed by atoms with Gasteiger partial charge in [0.2, 0.25) is 0 Å². The van der Waals surface area contributed by atoms with E-state index in [4.69, 9.17) is 14.2 Å². The van der Waals surface area contributed by atoms with Crippen LogP contribution in [0, 0.1) is 0 Å². The monoisotopic (exact) mass is 435 g/mol. The molecule has 7 heteroatoms. The Morgan fingerprint density at radius 2 is 1.74 bits per heavy atom. The number of halogens is 1. The first-order valence-electron chi connectivity index (χ1n) is 7.47. The molecule has 23 heavy (non-hydrogen) atoms. The molecule has 0 heterocycles. The summed E-state index contributed by atoms with van der Waals surface area (Å²) in [6.45, 7) is 0.742. The van der Waals surface area contributed by atoms with Crippen molar-refractivity contribution in [2.45, 2.75) is 25.3 Å². The Balaban J connectivity index is 0.00000264. The van der Waals surface area contributed by atoms with Crippen molar-refractivity contribution in [1.82, 2.24) is 10.6 Å². The highest BCUT2D eigenvalue weighted by molar-refractivity contribution is 14.0. The molecule has 0 bridgehead atoms. The Hall–Kier alpha value is -1.38. The first-order chi connectivity index (χ1) is 10.7. The van der Waals surface area contributed by atoms with Crippen LogP contribution in [0.5, 0.6) is 17.2 Å². The number of hydrogen-bond donors (Lipinski definition) is 2. The van der Waals surface area contributed by atoms with Crippen LogP contribution in [0.3, 0.4) is 0 Å². The summed E-state index contributed by atoms with van der Waals surface area (Å²) in [5.74, 6) is 3.09. The Labute approximate surface area is 155 Å². The molecular weight excluding hydrogens is 409 g/mol. The average molecular weight is 435 g/mol. The highest BCUT2D eigenvalue weighted by atomic mass is 127. The number of methoxy groups -OCH3 is 3. The van der Waals surface area contributed by atoms with E-state index in [2.05, 4.69) is 15.6 Å². The lowest BCUT2D eigenvalue weighted by Gasteiger charge is -2.16. The van der Waals surface area contributed by atoms with Gasteiger partial charge in [-0.2, -0.15) is 0 Å². The summed E-state index contributed by atoms with van der Waals surface area (Å²) in [5.41, 5.74) is 1.01. The van der Waals surface area contributed by atoms with Gasteiger partial charge >= 0.3 is 0 Å². The van der Waals surface area contributed by atoms with E-state index < -0.39 is 0 Å². The van der Waals surface area contributed by atoms with Gasteiger partial charge in [-0.1, -0.05) is 0 Å². The van der Waals surface area contributed by atoms with Gasteiger partial charge < -0.3 is 24.8 Å². The van der Waals surface area contributed by atoms with Gasteiger partial charge in [-0.3, -0.25) is 4.99 Å². The number of rotatable bonds is 7. The van der Waals surface area contributed by atoms with Crippen LogP contribution in [0.4, 0.5) is 0 Å². The van der Waals surface area contributed by atoms with Gasteiger partial charge in [-0.05, 0) is 19.3 Å². The lowest BCUT2D eigenvalue weighted by atomic mass is 10.1. The zero-order valence-electron chi connectivity index (χ0n) is 14.1. The highest BCUT2D eigenvalue weighted by Gasteiger charge is 2.22. The Morgan fingerprint density at radius 3 is 2.17 bits per heavy atom. The van der Waals surface area contributed by atoms with E-state index in [0.717, 1.165) is 41.7 Å². The van der Waals surface area contributed by atoms with Crippen LogP contribution in [-0.4, -0.2) is 46.9 Å². The molecule has 1 aliphatic rings. The Bertz CT molecular complexity index is 508. The summed E-state index contributed by atoms with van der Waals surface area (Å²) in [4.78, 5) is 4.22. The fraction of sp³-hybridized carbons (Fsp3) is 0.562. The maximum atomic E-state index is 5.46. The summed E-state index contributed by atoms with van der Waals surface area (Å²) in [5, 5.41) is 6.68. The third-order valence-electron chi connectivity index (χ3n) is 3.63. The van der Waals surface area contributed by atoms with Gasteiger partial charge in [0.05, 0.1) is 21.3 Å². The van der Waals surface area contributed by atoms with Gasteiger partial charge in [-0.15, -0.1) is 24.0 Å². The van der Waals surface area contributed by atoms with E-state index in [1.807, 2.05) is 12.1 Å². The minimum atomic E-state index is 0. The molecule has 0 spiro atoms. The molecule has 130 valence electrons. The van der Waals surface area contributed by atoms with Crippen molar-refractivity contribution in [3.05, 3.63) is 17.7 Å². The molecular formula is C16H26IN3O3. The maximum absolute atomic E-state index is 5.46. The standard InChI is InChI=1S/C16H25N3O3.HI/c1-17-16(19-11-5-6-11)18-8-7-13-14(21-3)9-12(20-2)10-15(13)22-4;/h9-11H,5-8H2,1-4H3,(H2,17,18,19);1H. The van der Waals surface area contributed by atoms with Crippen LogP contribution in [0.25, 0.3) is 0 Å². The van der Waals surface area contributed by atoms with E-state index >= 15 is 0 Å². The minimum absolute atomic E-state index is 0. The lowest BCUT2D eigenvalue weighted by molar-refractivity contribution is 0.368. The number of hydrogen-bond acceptors (Lipinski definition) is 4. The van der Waals surface area contributed by atoms with E-state index in [1.165, 1.54) is 12.8 Å². The second-order valence-electron chi connectivity index (χ2n) is 5.18. The molecule has 2 rings (SSSR count). The van der Waals surface area contributed by atoms with Crippen LogP contribution in [0.15, 0.2) is 17.1 Å². The molecule has 6 nitrogen and oxygen atoms in total. The minimum Gasteiger partial charge on any atom is -0.496 e. The zero-order chi connectivity index (χ0) is 15.9. The van der Waals surface area contributed by atoms with Gasteiger partial charge in [0.15, 0.2) is 5.96 Å². The first-order valence-corrected chi connectivity index (χ1v) is 7.47. The van der Waals surface area contributed by atoms with Crippen molar-refractivity contribution in [2.24, 2.45) is 4.99 Å². The number of aliphatic imine (C=N–C) groups is 1. The topological polar surface area (TPSA) is 64.1 Å². The van der Waals surface area contributed by atoms with Crippen LogP contribution >= 0.6 is 24.0 Å². The number of nitrogens with one attached hydrogen (secondary N) is 2. The quantitative estimate of drug-likeness (QED) is 0.391. The molecule has 1 aliphatic carbocycles. The summed E-state index contributed by atoms with van der Waals surface area (Å²) in [7, 11) is 6.71. The van der Waals surface area contributed by atoms with Crippen LogP contribution in [0.1, 0.15) is 18.4 Å². The van der Waals surface area contributed by atoms with E-state index in [-0.39, 0.29) is 24.0 Å². The lowest BCUT2D eigenvalue weighted by Crippen LogP contribution is -2.39. The smallest absolute Gasteiger partial charge is 0.191 e. The molecule has 0 aliphatic heterocycles. The second-order valence-corrected chi connectivity index (χ2v) is 5.18. The molecule has 0 atom stereocenters. The predicted octanol–water partition coefficient (Wildman–Crippen LogP) is 2.20. The van der Waals surface area contributed by atoms with Crippen molar-refractivity contribution in [2.75, 3.05) is 34.9 Å². The molecule has 0 amide bonds. The number of ether oxygens (including phenoxy) is 3. The highest BCUT2D eigenvalue weighted by Crippen LogP contribution is 2.34. The fourth-order valence-corrected chi connectivity index (χ4v) is 2.25. The van der Waals surface area contributed by atoms with E-state index in [0.29, 0.717) is 6.04 Å². The Morgan fingerprint density at radius 1 is 1.13 bits per heavy atom. The van der Waals surface area contributed by atoms with Crippen molar-refractivity contribution < 1.29 is 14.2 Å². The fourth-order valence-electron chi connectivity index (χ4n) is 2.25. The van der Waals surface area contributed by atoms with Crippen molar-refractivity contribution in [1.29, 1.82) is 0 Å². The molecule has 1 fully saturated rings. The van der Waals surface area contributed by atoms with Gasteiger partial charge in [0.1, 0.15) is 17.2 Å². The molecule has 2 N–H and O–H groups in total. The van der Waals surface area contributed by atoms with Crippen LogP contribution < -0.4 is 24.8 Å². The summed E-state index contributed by atoms with van der Waals surface area (Å²) >= 11 is 0. The SMILES string of the molecule is CN=C(NCCc1c(OC)cc(OC)cc1OC)NC1CC1.I. The molecule has 0 aromatic heterocycles. The van der Waals surface area contributed by atoms with Crippen molar-refractivity contribution in [3.8, 4) is 17.2 Å². The number of nitrogens with zero attached hydrogens (tertiary/aromatic N) is 1. The third-order valence-corrected chi connectivity index (χ3v) is 3.63. The Kier molecular flexibility index (Phi) is 8.29. The van der Waals surface area contributed by atoms with Crippen LogP contribution in [-0.2, 0) is 6.42 Å². The van der Waals surface area contributed by atoms with Gasteiger partial charge in [0.25, 0.3) is 0 Å². The van der Waals surface area contributed by atoms with Gasteiger partial charge in [-0.25, -0.2) is 0 Å². The number of benzene rings is 1. The normalized spacial score (nSPS) is 13.8. The molecule has 1 aromatic rings. The number of guanidine groups is 1. The largest absolute Gasteiger partial charge is 0.496 e. The molecule has 0 unspecified atom stereocenters. The zero-order valence-corrected chi connectivity index (χ0v) is 16.5.